The van der Waals surface area contributed by atoms with E-state index in [1.165, 1.54) is 62.7 Å². The van der Waals surface area contributed by atoms with Gasteiger partial charge >= 0.3 is 0 Å². The van der Waals surface area contributed by atoms with Gasteiger partial charge in [0, 0.05) is 4.88 Å². The van der Waals surface area contributed by atoms with Crippen molar-refractivity contribution in [2.75, 3.05) is 0 Å². The van der Waals surface area contributed by atoms with Gasteiger partial charge in [-0.05, 0) is 17.4 Å². The lowest BCUT2D eigenvalue weighted by atomic mass is 10.1. The maximum absolute atomic E-state index is 5.48. The number of halogens is 1. The molecule has 0 bridgehead atoms. The zero-order valence-corrected chi connectivity index (χ0v) is 13.2. The normalized spacial score (nSPS) is 14.1. The number of hydrogen-bond acceptors (Lipinski definition) is 1. The summed E-state index contributed by atoms with van der Waals surface area (Å²) in [4.78, 5) is 1.24. The monoisotopic (exact) mass is 286 g/mol. The van der Waals surface area contributed by atoms with Crippen molar-refractivity contribution < 1.29 is 0 Å². The van der Waals surface area contributed by atoms with E-state index in [-0.39, 0.29) is 0 Å². The molecule has 104 valence electrons. The van der Waals surface area contributed by atoms with Crippen LogP contribution in [-0.4, -0.2) is 0 Å². The molecular weight excluding hydrogens is 260 g/mol. The quantitative estimate of drug-likeness (QED) is 0.371. The summed E-state index contributed by atoms with van der Waals surface area (Å²) in [6.07, 6.45) is 13.4. The van der Waals surface area contributed by atoms with Gasteiger partial charge in [-0.15, -0.1) is 22.9 Å². The lowest BCUT2D eigenvalue weighted by molar-refractivity contribution is 0.568. The average Bonchev–Trinajstić information content (AvgIpc) is 3.07. The fourth-order valence-corrected chi connectivity index (χ4v) is 2.84. The highest BCUT2D eigenvalue weighted by molar-refractivity contribution is 7.10. The van der Waals surface area contributed by atoms with Crippen LogP contribution in [0.5, 0.6) is 0 Å². The van der Waals surface area contributed by atoms with E-state index in [0.717, 1.165) is 5.92 Å². The van der Waals surface area contributed by atoms with Crippen LogP contribution in [0.1, 0.15) is 69.6 Å². The Balaban J connectivity index is 0.000000199. The van der Waals surface area contributed by atoms with Crippen LogP contribution in [0.25, 0.3) is 0 Å². The van der Waals surface area contributed by atoms with Crippen molar-refractivity contribution in [1.82, 2.24) is 0 Å². The lowest BCUT2D eigenvalue weighted by Crippen LogP contribution is -1.80. The van der Waals surface area contributed by atoms with Gasteiger partial charge in [-0.25, -0.2) is 0 Å². The molecule has 0 aliphatic heterocycles. The molecule has 1 fully saturated rings. The Bertz CT molecular complexity index is 265. The maximum atomic E-state index is 5.48. The first-order valence-corrected chi connectivity index (χ1v) is 8.86. The van der Waals surface area contributed by atoms with E-state index >= 15 is 0 Å². The van der Waals surface area contributed by atoms with Crippen LogP contribution in [0.2, 0.25) is 0 Å². The van der Waals surface area contributed by atoms with E-state index in [1.807, 2.05) is 17.5 Å². The molecule has 0 N–H and O–H groups in total. The molecule has 1 aliphatic carbocycles. The summed E-state index contributed by atoms with van der Waals surface area (Å²) in [5, 5.41) is 2.03. The molecule has 0 spiro atoms. The second-order valence-electron chi connectivity index (χ2n) is 5.21. The highest BCUT2D eigenvalue weighted by Crippen LogP contribution is 2.34. The minimum Gasteiger partial charge on any atom is -0.148 e. The van der Waals surface area contributed by atoms with Crippen molar-refractivity contribution in [2.45, 2.75) is 70.6 Å². The zero-order valence-electron chi connectivity index (χ0n) is 11.7. The van der Waals surface area contributed by atoms with Crippen molar-refractivity contribution in [3.63, 3.8) is 0 Å². The zero-order chi connectivity index (χ0) is 13.1. The minimum absolute atomic E-state index is 0.650. The molecule has 0 radical (unpaired) electrons. The Labute approximate surface area is 122 Å². The first kappa shape index (κ1) is 16.0. The third-order valence-corrected chi connectivity index (χ3v) is 4.70. The van der Waals surface area contributed by atoms with Gasteiger partial charge in [-0.3, -0.25) is 0 Å². The van der Waals surface area contributed by atoms with Crippen LogP contribution in [0.15, 0.2) is 17.5 Å². The molecule has 0 aromatic carbocycles. The van der Waals surface area contributed by atoms with Crippen molar-refractivity contribution in [3.05, 3.63) is 22.4 Å². The maximum Gasteiger partial charge on any atom is 0.0568 e. The highest BCUT2D eigenvalue weighted by Gasteiger charge is 2.19. The molecule has 18 heavy (non-hydrogen) atoms. The van der Waals surface area contributed by atoms with Crippen molar-refractivity contribution in [2.24, 2.45) is 5.92 Å². The Morgan fingerprint density at radius 1 is 1.17 bits per heavy atom. The standard InChI is InChI=1S/C11H22.C5H5ClS/c1-2-3-4-5-6-7-8-11-9-10-11;6-4-5-2-1-3-7-5/h11H,2-10H2,1H3;1-3H,4H2. The minimum atomic E-state index is 0.650. The van der Waals surface area contributed by atoms with Crippen LogP contribution >= 0.6 is 22.9 Å². The molecule has 1 aromatic rings. The summed E-state index contributed by atoms with van der Waals surface area (Å²) >= 11 is 7.17. The van der Waals surface area contributed by atoms with Gasteiger partial charge in [-0.2, -0.15) is 0 Å². The third kappa shape index (κ3) is 8.99. The number of rotatable bonds is 8. The van der Waals surface area contributed by atoms with Crippen LogP contribution in [0.4, 0.5) is 0 Å². The fraction of sp³-hybridized carbons (Fsp3) is 0.750. The van der Waals surface area contributed by atoms with Crippen molar-refractivity contribution in [3.8, 4) is 0 Å². The molecule has 2 rings (SSSR count). The molecule has 1 heterocycles. The number of alkyl halides is 1. The second kappa shape index (κ2) is 10.9. The number of hydrogen-bond donors (Lipinski definition) is 0. The predicted octanol–water partition coefficient (Wildman–Crippen LogP) is 6.63. The van der Waals surface area contributed by atoms with E-state index < -0.39 is 0 Å². The summed E-state index contributed by atoms with van der Waals surface area (Å²) in [5.41, 5.74) is 0. The third-order valence-electron chi connectivity index (χ3n) is 3.37. The summed E-state index contributed by atoms with van der Waals surface area (Å²) < 4.78 is 0. The van der Waals surface area contributed by atoms with E-state index in [9.17, 15) is 0 Å². The van der Waals surface area contributed by atoms with Crippen LogP contribution < -0.4 is 0 Å². The molecule has 2 heteroatoms. The van der Waals surface area contributed by atoms with Gasteiger partial charge in [0.25, 0.3) is 0 Å². The van der Waals surface area contributed by atoms with Crippen LogP contribution in [0.3, 0.4) is 0 Å². The van der Waals surface area contributed by atoms with Crippen LogP contribution in [-0.2, 0) is 5.88 Å². The predicted molar refractivity (Wildman–Crippen MR) is 84.6 cm³/mol. The van der Waals surface area contributed by atoms with Crippen molar-refractivity contribution in [1.29, 1.82) is 0 Å². The number of unbranched alkanes of at least 4 members (excludes halogenated alkanes) is 5. The average molecular weight is 287 g/mol. The molecule has 1 aromatic heterocycles. The summed E-state index contributed by atoms with van der Waals surface area (Å²) in [6.45, 7) is 2.28. The van der Waals surface area contributed by atoms with E-state index in [2.05, 4.69) is 6.92 Å². The van der Waals surface area contributed by atoms with E-state index in [4.69, 9.17) is 11.6 Å². The molecule has 0 nitrogen and oxygen atoms in total. The first-order chi connectivity index (χ1) is 8.86. The summed E-state index contributed by atoms with van der Waals surface area (Å²) in [6, 6.07) is 4.03. The Morgan fingerprint density at radius 3 is 2.39 bits per heavy atom. The Kier molecular flexibility index (Phi) is 9.69. The molecular formula is C16H27ClS. The topological polar surface area (TPSA) is 0 Å². The number of thiophene rings is 1. The first-order valence-electron chi connectivity index (χ1n) is 7.45. The largest absolute Gasteiger partial charge is 0.148 e. The molecule has 1 saturated carbocycles. The molecule has 1 aliphatic rings. The van der Waals surface area contributed by atoms with E-state index in [0.29, 0.717) is 5.88 Å². The molecule has 0 atom stereocenters. The van der Waals surface area contributed by atoms with Gasteiger partial charge in [0.1, 0.15) is 0 Å². The Morgan fingerprint density at radius 2 is 1.89 bits per heavy atom. The van der Waals surface area contributed by atoms with Crippen LogP contribution in [0, 0.1) is 5.92 Å². The molecule has 0 saturated heterocycles. The van der Waals surface area contributed by atoms with Crippen molar-refractivity contribution >= 4 is 22.9 Å². The second-order valence-corrected chi connectivity index (χ2v) is 6.51. The van der Waals surface area contributed by atoms with Gasteiger partial charge in [0.05, 0.1) is 5.88 Å². The van der Waals surface area contributed by atoms with E-state index in [1.54, 1.807) is 11.3 Å². The summed E-state index contributed by atoms with van der Waals surface area (Å²) in [7, 11) is 0. The van der Waals surface area contributed by atoms with Gasteiger partial charge in [0.2, 0.25) is 0 Å². The van der Waals surface area contributed by atoms with Gasteiger partial charge < -0.3 is 0 Å². The SMILES string of the molecule is CCCCCCCCC1CC1.ClCc1cccs1. The molecule has 0 amide bonds. The van der Waals surface area contributed by atoms with Gasteiger partial charge in [0.15, 0.2) is 0 Å². The Hall–Kier alpha value is -0.0100. The molecule has 0 unspecified atom stereocenters. The van der Waals surface area contributed by atoms with Gasteiger partial charge in [-0.1, -0.05) is 70.8 Å². The lowest BCUT2D eigenvalue weighted by Gasteiger charge is -1.98. The summed E-state index contributed by atoms with van der Waals surface area (Å²) in [5.74, 6) is 1.80. The fourth-order valence-electron chi connectivity index (χ4n) is 2.01. The highest BCUT2D eigenvalue weighted by atomic mass is 35.5. The smallest absolute Gasteiger partial charge is 0.0568 e.